The zero-order valence-electron chi connectivity index (χ0n) is 11.8. The molecule has 1 saturated heterocycles. The zero-order chi connectivity index (χ0) is 13.6. The first-order chi connectivity index (χ1) is 8.24. The van der Waals surface area contributed by atoms with Crippen LogP contribution in [0.3, 0.4) is 0 Å². The van der Waals surface area contributed by atoms with E-state index < -0.39 is 7.12 Å². The Morgan fingerprint density at radius 3 is 2.28 bits per heavy atom. The van der Waals surface area contributed by atoms with Crippen molar-refractivity contribution in [3.8, 4) is 0 Å². The number of aryl methyl sites for hydroxylation is 1. The van der Waals surface area contributed by atoms with E-state index in [0.29, 0.717) is 0 Å². The van der Waals surface area contributed by atoms with Crippen LogP contribution in [0.25, 0.3) is 5.47 Å². The lowest BCUT2D eigenvalue weighted by Gasteiger charge is -2.32. The summed E-state index contributed by atoms with van der Waals surface area (Å²) in [5, 5.41) is 0. The molecule has 0 spiro atoms. The molecule has 1 aromatic heterocycles. The Balaban J connectivity index is 2.26. The highest BCUT2D eigenvalue weighted by Crippen LogP contribution is 2.40. The average molecular weight is 245 g/mol. The Morgan fingerprint density at radius 2 is 1.78 bits per heavy atom. The predicted molar refractivity (Wildman–Crippen MR) is 74.1 cm³/mol. The number of rotatable bonds is 2. The van der Waals surface area contributed by atoms with Gasteiger partial charge in [0.2, 0.25) is 0 Å². The van der Waals surface area contributed by atoms with Crippen molar-refractivity contribution in [2.45, 2.75) is 45.8 Å². The number of pyridine rings is 1. The van der Waals surface area contributed by atoms with Gasteiger partial charge in [0.05, 0.1) is 11.2 Å². The van der Waals surface area contributed by atoms with Gasteiger partial charge in [0.25, 0.3) is 0 Å². The van der Waals surface area contributed by atoms with Crippen LogP contribution in [0.1, 0.15) is 39.0 Å². The van der Waals surface area contributed by atoms with E-state index in [0.717, 1.165) is 16.7 Å². The van der Waals surface area contributed by atoms with Gasteiger partial charge in [-0.15, -0.1) is 0 Å². The highest BCUT2D eigenvalue weighted by molar-refractivity contribution is 6.68. The maximum absolute atomic E-state index is 5.99. The van der Waals surface area contributed by atoms with Gasteiger partial charge in [0.15, 0.2) is 0 Å². The van der Waals surface area contributed by atoms with Gasteiger partial charge in [-0.05, 0) is 51.7 Å². The first-order valence-corrected chi connectivity index (χ1v) is 6.21. The summed E-state index contributed by atoms with van der Waals surface area (Å²) >= 11 is 0. The fourth-order valence-corrected chi connectivity index (χ4v) is 1.94. The van der Waals surface area contributed by atoms with Crippen molar-refractivity contribution in [3.05, 3.63) is 36.2 Å². The Bertz CT molecular complexity index is 466. The van der Waals surface area contributed by atoms with Gasteiger partial charge in [0.1, 0.15) is 0 Å². The van der Waals surface area contributed by atoms with Crippen LogP contribution in [0.5, 0.6) is 0 Å². The van der Waals surface area contributed by atoms with Crippen LogP contribution in [-0.4, -0.2) is 23.3 Å². The predicted octanol–water partition coefficient (Wildman–Crippen LogP) is 3.03. The molecular weight excluding hydrogens is 225 g/mol. The molecule has 1 aliphatic rings. The maximum atomic E-state index is 5.99. The largest absolute Gasteiger partial charge is 0.494 e. The summed E-state index contributed by atoms with van der Waals surface area (Å²) in [4.78, 5) is 4.27. The van der Waals surface area contributed by atoms with Gasteiger partial charge in [-0.25, -0.2) is 0 Å². The highest BCUT2D eigenvalue weighted by Gasteiger charge is 2.52. The monoisotopic (exact) mass is 245 g/mol. The molecule has 0 unspecified atom stereocenters. The van der Waals surface area contributed by atoms with Crippen molar-refractivity contribution >= 4 is 12.6 Å². The molecular formula is C14H20BNO2. The molecule has 0 bridgehead atoms. The Kier molecular flexibility index (Phi) is 3.12. The van der Waals surface area contributed by atoms with E-state index in [1.807, 2.05) is 46.8 Å². The number of hydrogen-bond acceptors (Lipinski definition) is 3. The van der Waals surface area contributed by atoms with Crippen LogP contribution in [0.2, 0.25) is 0 Å². The molecule has 0 atom stereocenters. The van der Waals surface area contributed by atoms with Crippen molar-refractivity contribution in [2.75, 3.05) is 0 Å². The van der Waals surface area contributed by atoms with Crippen LogP contribution >= 0.6 is 0 Å². The fraction of sp³-hybridized carbons (Fsp3) is 0.500. The zero-order valence-corrected chi connectivity index (χ0v) is 11.8. The summed E-state index contributed by atoms with van der Waals surface area (Å²) in [6.45, 7) is 14.2. The van der Waals surface area contributed by atoms with E-state index in [9.17, 15) is 0 Å². The molecule has 3 nitrogen and oxygen atoms in total. The van der Waals surface area contributed by atoms with Crippen LogP contribution in [0.4, 0.5) is 0 Å². The van der Waals surface area contributed by atoms with Crippen molar-refractivity contribution in [1.82, 2.24) is 4.98 Å². The van der Waals surface area contributed by atoms with Gasteiger partial charge in [0, 0.05) is 11.9 Å². The van der Waals surface area contributed by atoms with Gasteiger partial charge in [-0.2, -0.15) is 0 Å². The molecule has 0 amide bonds. The third-order valence-electron chi connectivity index (χ3n) is 3.89. The lowest BCUT2D eigenvalue weighted by atomic mass is 9.75. The molecule has 0 aromatic carbocycles. The van der Waals surface area contributed by atoms with E-state index in [1.54, 1.807) is 6.20 Å². The van der Waals surface area contributed by atoms with Crippen LogP contribution in [-0.2, 0) is 9.31 Å². The second kappa shape index (κ2) is 4.21. The minimum atomic E-state index is -0.405. The molecule has 0 N–H and O–H groups in total. The summed E-state index contributed by atoms with van der Waals surface area (Å²) in [6, 6.07) is 3.90. The number of aromatic nitrogens is 1. The molecule has 0 saturated carbocycles. The van der Waals surface area contributed by atoms with Gasteiger partial charge >= 0.3 is 7.12 Å². The van der Waals surface area contributed by atoms with Crippen molar-refractivity contribution in [3.63, 3.8) is 0 Å². The summed E-state index contributed by atoms with van der Waals surface area (Å²) in [7, 11) is -0.405. The number of hydrogen-bond donors (Lipinski definition) is 0. The summed E-state index contributed by atoms with van der Waals surface area (Å²) in [6.07, 6.45) is 1.77. The van der Waals surface area contributed by atoms with E-state index in [-0.39, 0.29) is 11.2 Å². The molecule has 18 heavy (non-hydrogen) atoms. The standard InChI is InChI=1S/C14H20BNO2/c1-10(12-8-7-9-16-11(12)2)15-17-13(3,4)14(5,6)18-15/h7-9H,1H2,2-6H3. The topological polar surface area (TPSA) is 31.4 Å². The molecule has 2 rings (SSSR count). The Hall–Kier alpha value is -1.13. The minimum absolute atomic E-state index is 0.337. The SMILES string of the molecule is C=C(B1OC(C)(C)C(C)(C)O1)c1cccnc1C. The first kappa shape index (κ1) is 13.3. The molecule has 0 radical (unpaired) electrons. The molecule has 96 valence electrons. The smallest absolute Gasteiger partial charge is 0.399 e. The first-order valence-electron chi connectivity index (χ1n) is 6.21. The van der Waals surface area contributed by atoms with E-state index >= 15 is 0 Å². The fourth-order valence-electron chi connectivity index (χ4n) is 1.94. The summed E-state index contributed by atoms with van der Waals surface area (Å²) in [5.74, 6) is 0. The van der Waals surface area contributed by atoms with Crippen molar-refractivity contribution < 1.29 is 9.31 Å². The van der Waals surface area contributed by atoms with E-state index in [2.05, 4.69) is 11.6 Å². The van der Waals surface area contributed by atoms with E-state index in [1.165, 1.54) is 0 Å². The third kappa shape index (κ3) is 2.11. The quantitative estimate of drug-likeness (QED) is 0.750. The number of nitrogens with zero attached hydrogens (tertiary/aromatic N) is 1. The van der Waals surface area contributed by atoms with Crippen LogP contribution < -0.4 is 0 Å². The second-order valence-corrected chi connectivity index (χ2v) is 5.75. The summed E-state index contributed by atoms with van der Waals surface area (Å²) < 4.78 is 12.0. The lowest BCUT2D eigenvalue weighted by Crippen LogP contribution is -2.41. The van der Waals surface area contributed by atoms with Crippen molar-refractivity contribution in [2.24, 2.45) is 0 Å². The molecule has 0 aliphatic carbocycles. The van der Waals surface area contributed by atoms with Crippen LogP contribution in [0, 0.1) is 6.92 Å². The minimum Gasteiger partial charge on any atom is -0.399 e. The molecule has 1 fully saturated rings. The lowest BCUT2D eigenvalue weighted by molar-refractivity contribution is 0.00578. The second-order valence-electron chi connectivity index (χ2n) is 5.75. The average Bonchev–Trinajstić information content (AvgIpc) is 2.48. The van der Waals surface area contributed by atoms with Gasteiger partial charge < -0.3 is 9.31 Å². The van der Waals surface area contributed by atoms with Gasteiger partial charge in [-0.3, -0.25) is 4.98 Å². The normalized spacial score (nSPS) is 21.1. The molecule has 4 heteroatoms. The van der Waals surface area contributed by atoms with Gasteiger partial charge in [-0.1, -0.05) is 12.6 Å². The highest BCUT2D eigenvalue weighted by atomic mass is 16.7. The maximum Gasteiger partial charge on any atom is 0.494 e. The van der Waals surface area contributed by atoms with Crippen molar-refractivity contribution in [1.29, 1.82) is 0 Å². The van der Waals surface area contributed by atoms with Crippen LogP contribution in [0.15, 0.2) is 24.9 Å². The Labute approximate surface area is 109 Å². The molecule has 1 aliphatic heterocycles. The molecule has 2 heterocycles. The Morgan fingerprint density at radius 1 is 1.22 bits per heavy atom. The molecule has 1 aromatic rings. The summed E-state index contributed by atoms with van der Waals surface area (Å²) in [5.41, 5.74) is 2.10. The third-order valence-corrected chi connectivity index (χ3v) is 3.89. The van der Waals surface area contributed by atoms with E-state index in [4.69, 9.17) is 9.31 Å².